The van der Waals surface area contributed by atoms with Crippen molar-refractivity contribution >= 4 is 31.9 Å². The van der Waals surface area contributed by atoms with Crippen LogP contribution in [0.5, 0.6) is 17.2 Å². The first kappa shape index (κ1) is 19.7. The second-order valence-electron chi connectivity index (χ2n) is 5.94. The Morgan fingerprint density at radius 1 is 0.630 bits per heavy atom. The lowest BCUT2D eigenvalue weighted by atomic mass is 9.92. The van der Waals surface area contributed by atoms with E-state index >= 15 is 0 Å². The zero-order valence-corrected chi connectivity index (χ0v) is 17.0. The lowest BCUT2D eigenvalue weighted by Gasteiger charge is -2.22. The van der Waals surface area contributed by atoms with Crippen molar-refractivity contribution in [1.29, 1.82) is 0 Å². The highest BCUT2D eigenvalue weighted by atomic mass is 79.9. The van der Waals surface area contributed by atoms with Crippen LogP contribution in [0.25, 0.3) is 0 Å². The van der Waals surface area contributed by atoms with Crippen molar-refractivity contribution in [3.63, 3.8) is 0 Å². The molecule has 140 valence electrons. The topological polar surface area (TPSA) is 101 Å². The number of hydrogen-bond acceptors (Lipinski definition) is 5. The normalized spacial score (nSPS) is 13.3. The molecule has 7 heteroatoms. The number of aromatic hydroxyl groups is 3. The third-order valence-electron chi connectivity index (χ3n) is 4.28. The average Bonchev–Trinajstić information content (AvgIpc) is 2.61. The lowest BCUT2D eigenvalue weighted by molar-refractivity contribution is 0.197. The van der Waals surface area contributed by atoms with E-state index in [2.05, 4.69) is 31.9 Å². The largest absolute Gasteiger partial charge is 0.507 e. The molecule has 0 bridgehead atoms. The van der Waals surface area contributed by atoms with Crippen molar-refractivity contribution in [2.24, 2.45) is 0 Å². The van der Waals surface area contributed by atoms with Crippen LogP contribution < -0.4 is 0 Å². The number of phenols is 3. The summed E-state index contributed by atoms with van der Waals surface area (Å²) >= 11 is 6.65. The van der Waals surface area contributed by atoms with Gasteiger partial charge in [-0.2, -0.15) is 0 Å². The third kappa shape index (κ3) is 3.68. The zero-order chi connectivity index (χ0) is 19.7. The Morgan fingerprint density at radius 3 is 1.37 bits per heavy atom. The minimum absolute atomic E-state index is 0.208. The van der Waals surface area contributed by atoms with Gasteiger partial charge in [-0.05, 0) is 23.3 Å². The quantitative estimate of drug-likeness (QED) is 0.367. The Kier molecular flexibility index (Phi) is 5.76. The molecule has 3 aromatic rings. The molecule has 0 saturated heterocycles. The van der Waals surface area contributed by atoms with Gasteiger partial charge in [-0.25, -0.2) is 0 Å². The van der Waals surface area contributed by atoms with Gasteiger partial charge in [-0.1, -0.05) is 68.3 Å². The first-order chi connectivity index (χ1) is 12.8. The number of phenolic OH excluding ortho intramolecular Hbond substituents is 3. The van der Waals surface area contributed by atoms with Gasteiger partial charge in [-0.15, -0.1) is 0 Å². The maximum atomic E-state index is 10.7. The maximum absolute atomic E-state index is 10.7. The molecule has 0 radical (unpaired) electrons. The second kappa shape index (κ2) is 7.90. The SMILES string of the molecule is Oc1cc(O)c(C(O)c2ccccc2Br)c(O)c1C(O)c1ccccc1Br. The molecule has 0 aliphatic carbocycles. The molecule has 3 rings (SSSR count). The van der Waals surface area contributed by atoms with Crippen molar-refractivity contribution in [2.75, 3.05) is 0 Å². The lowest BCUT2D eigenvalue weighted by Crippen LogP contribution is -2.07. The highest BCUT2D eigenvalue weighted by Crippen LogP contribution is 2.47. The van der Waals surface area contributed by atoms with Crippen LogP contribution in [-0.4, -0.2) is 25.5 Å². The molecule has 2 unspecified atom stereocenters. The van der Waals surface area contributed by atoms with Gasteiger partial charge in [0, 0.05) is 15.0 Å². The van der Waals surface area contributed by atoms with E-state index in [0.29, 0.717) is 20.1 Å². The van der Waals surface area contributed by atoms with Crippen molar-refractivity contribution in [3.8, 4) is 17.2 Å². The average molecular weight is 496 g/mol. The van der Waals surface area contributed by atoms with E-state index < -0.39 is 29.5 Å². The molecule has 3 aromatic carbocycles. The van der Waals surface area contributed by atoms with Crippen LogP contribution in [0.4, 0.5) is 0 Å². The highest BCUT2D eigenvalue weighted by molar-refractivity contribution is 9.10. The van der Waals surface area contributed by atoms with Gasteiger partial charge in [0.15, 0.2) is 0 Å². The highest BCUT2D eigenvalue weighted by Gasteiger charge is 2.29. The fourth-order valence-electron chi connectivity index (χ4n) is 2.92. The van der Waals surface area contributed by atoms with Crippen molar-refractivity contribution < 1.29 is 25.5 Å². The molecule has 0 aliphatic rings. The molecule has 27 heavy (non-hydrogen) atoms. The molecule has 2 atom stereocenters. The Hall–Kier alpha value is -2.06. The van der Waals surface area contributed by atoms with Gasteiger partial charge in [0.05, 0.1) is 11.1 Å². The maximum Gasteiger partial charge on any atom is 0.135 e. The van der Waals surface area contributed by atoms with Gasteiger partial charge in [0.1, 0.15) is 29.5 Å². The first-order valence-electron chi connectivity index (χ1n) is 7.95. The molecule has 0 saturated carbocycles. The summed E-state index contributed by atoms with van der Waals surface area (Å²) in [6, 6.07) is 14.6. The monoisotopic (exact) mass is 494 g/mol. The van der Waals surface area contributed by atoms with Gasteiger partial charge < -0.3 is 25.5 Å². The van der Waals surface area contributed by atoms with Crippen LogP contribution in [0.3, 0.4) is 0 Å². The van der Waals surface area contributed by atoms with E-state index in [1.54, 1.807) is 48.5 Å². The molecule has 0 aromatic heterocycles. The summed E-state index contributed by atoms with van der Waals surface area (Å²) < 4.78 is 1.16. The summed E-state index contributed by atoms with van der Waals surface area (Å²) in [7, 11) is 0. The van der Waals surface area contributed by atoms with Crippen LogP contribution >= 0.6 is 31.9 Å². The van der Waals surface area contributed by atoms with Gasteiger partial charge in [0.25, 0.3) is 0 Å². The number of rotatable bonds is 4. The van der Waals surface area contributed by atoms with Crippen molar-refractivity contribution in [3.05, 3.63) is 85.8 Å². The van der Waals surface area contributed by atoms with Gasteiger partial charge in [0.2, 0.25) is 0 Å². The predicted octanol–water partition coefficient (Wildman–Crippen LogP) is 4.49. The molecular weight excluding hydrogens is 480 g/mol. The zero-order valence-electron chi connectivity index (χ0n) is 13.8. The van der Waals surface area contributed by atoms with Crippen LogP contribution in [-0.2, 0) is 0 Å². The van der Waals surface area contributed by atoms with Crippen LogP contribution in [0.1, 0.15) is 34.5 Å². The number of benzene rings is 3. The Labute approximate surface area is 172 Å². The standard InChI is InChI=1S/C20H16Br2O5/c21-12-7-3-1-5-10(12)18(25)16-14(23)9-15(24)17(20(16)27)19(26)11-6-2-4-8-13(11)22/h1-9,18-19,23-27H. The number of aliphatic hydroxyl groups excluding tert-OH is 2. The smallest absolute Gasteiger partial charge is 0.135 e. The van der Waals surface area contributed by atoms with Crippen LogP contribution in [0, 0.1) is 0 Å². The van der Waals surface area contributed by atoms with E-state index in [1.165, 1.54) is 0 Å². The summed E-state index contributed by atoms with van der Waals surface area (Å²) in [5.74, 6) is -1.56. The minimum atomic E-state index is -1.38. The summed E-state index contributed by atoms with van der Waals surface area (Å²) in [5.41, 5.74) is 0.409. The molecule has 0 heterocycles. The van der Waals surface area contributed by atoms with Crippen molar-refractivity contribution in [2.45, 2.75) is 12.2 Å². The molecule has 5 nitrogen and oxygen atoms in total. The fraction of sp³-hybridized carbons (Fsp3) is 0.100. The number of aliphatic hydroxyl groups is 2. The van der Waals surface area contributed by atoms with E-state index in [1.807, 2.05) is 0 Å². The summed E-state index contributed by atoms with van der Waals surface area (Å²) in [4.78, 5) is 0. The molecule has 0 fully saturated rings. The molecule has 0 amide bonds. The molecule has 0 spiro atoms. The number of halogens is 2. The second-order valence-corrected chi connectivity index (χ2v) is 7.65. The predicted molar refractivity (Wildman–Crippen MR) is 108 cm³/mol. The molecule has 5 N–H and O–H groups in total. The first-order valence-corrected chi connectivity index (χ1v) is 9.54. The molecular formula is C20H16Br2O5. The summed E-state index contributed by atoms with van der Waals surface area (Å²) in [6.45, 7) is 0. The fourth-order valence-corrected chi connectivity index (χ4v) is 3.92. The Bertz CT molecular complexity index is 914. The summed E-state index contributed by atoms with van der Waals surface area (Å²) in [5, 5.41) is 52.7. The third-order valence-corrected chi connectivity index (χ3v) is 5.73. The Balaban J connectivity index is 2.17. The van der Waals surface area contributed by atoms with Gasteiger partial charge in [-0.3, -0.25) is 0 Å². The van der Waals surface area contributed by atoms with E-state index in [9.17, 15) is 25.5 Å². The molecule has 0 aliphatic heterocycles. The van der Waals surface area contributed by atoms with E-state index in [0.717, 1.165) is 6.07 Å². The van der Waals surface area contributed by atoms with Gasteiger partial charge >= 0.3 is 0 Å². The summed E-state index contributed by atoms with van der Waals surface area (Å²) in [6.07, 6.45) is -2.77. The van der Waals surface area contributed by atoms with E-state index in [4.69, 9.17) is 0 Å². The van der Waals surface area contributed by atoms with Crippen molar-refractivity contribution in [1.82, 2.24) is 0 Å². The van der Waals surface area contributed by atoms with E-state index in [-0.39, 0.29) is 11.1 Å². The minimum Gasteiger partial charge on any atom is -0.507 e. The van der Waals surface area contributed by atoms with Crippen LogP contribution in [0.2, 0.25) is 0 Å². The Morgan fingerprint density at radius 2 is 1.00 bits per heavy atom. The van der Waals surface area contributed by atoms with Crippen LogP contribution in [0.15, 0.2) is 63.5 Å². The number of hydrogen-bond donors (Lipinski definition) is 5.